The molecule has 0 unspecified atom stereocenters. The van der Waals surface area contributed by atoms with Crippen LogP contribution in [0.15, 0.2) is 48.5 Å². The zero-order valence-electron chi connectivity index (χ0n) is 15.1. The topological polar surface area (TPSA) is 40.5 Å². The number of hydrogen-bond acceptors (Lipinski definition) is 2. The Morgan fingerprint density at radius 2 is 1.93 bits per heavy atom. The minimum atomic E-state index is -1.62. The van der Waals surface area contributed by atoms with E-state index in [-0.39, 0.29) is 17.3 Å². The molecule has 4 rings (SSSR count). The van der Waals surface area contributed by atoms with Crippen LogP contribution in [0, 0.1) is 11.2 Å². The van der Waals surface area contributed by atoms with Crippen LogP contribution in [-0.4, -0.2) is 41.3 Å². The Morgan fingerprint density at radius 1 is 1.19 bits per heavy atom. The second kappa shape index (κ2) is 7.04. The number of carbonyl (C=O) groups excluding carboxylic acids is 1. The highest BCUT2D eigenvalue weighted by molar-refractivity contribution is 5.81. The Balaban J connectivity index is 1.60. The van der Waals surface area contributed by atoms with E-state index in [1.807, 2.05) is 36.4 Å². The molecule has 1 amide bonds. The van der Waals surface area contributed by atoms with Crippen molar-refractivity contribution in [2.75, 3.05) is 13.2 Å². The molecule has 3 nitrogen and oxygen atoms in total. The second-order valence-electron chi connectivity index (χ2n) is 7.84. The summed E-state index contributed by atoms with van der Waals surface area (Å²) >= 11 is 0. The molecule has 1 N–H and O–H groups in total. The molecule has 1 saturated heterocycles. The van der Waals surface area contributed by atoms with Crippen molar-refractivity contribution in [1.82, 2.24) is 4.90 Å². The van der Waals surface area contributed by atoms with E-state index in [9.17, 15) is 14.3 Å². The summed E-state index contributed by atoms with van der Waals surface area (Å²) in [5.41, 5.74) is 1.98. The van der Waals surface area contributed by atoms with Crippen LogP contribution < -0.4 is 0 Å². The molecule has 1 aliphatic heterocycles. The van der Waals surface area contributed by atoms with Crippen LogP contribution >= 0.6 is 0 Å². The van der Waals surface area contributed by atoms with Gasteiger partial charge in [-0.1, -0.05) is 48.5 Å². The largest absolute Gasteiger partial charge is 0.381 e. The van der Waals surface area contributed by atoms with Crippen molar-refractivity contribution in [2.24, 2.45) is 5.41 Å². The molecule has 0 radical (unpaired) electrons. The lowest BCUT2D eigenvalue weighted by molar-refractivity contribution is -0.141. The molecule has 2 aromatic rings. The summed E-state index contributed by atoms with van der Waals surface area (Å²) in [6.07, 6.45) is 1.60. The molecule has 1 spiro atoms. The average molecular weight is 371 g/mol. The first kappa shape index (κ1) is 18.1. The Hall–Kier alpha value is -2.27. The number of nitrogens with zero attached hydrogens (tertiary/aromatic N) is 1. The predicted octanol–water partition coefficient (Wildman–Crippen LogP) is 3.75. The molecule has 2 fully saturated rings. The molecule has 1 heterocycles. The first-order valence-electron chi connectivity index (χ1n) is 9.40. The summed E-state index contributed by atoms with van der Waals surface area (Å²) in [6.45, 7) is -0.555. The number of hydrogen-bond donors (Lipinski definition) is 1. The number of benzene rings is 2. The summed E-state index contributed by atoms with van der Waals surface area (Å²) in [5.74, 6) is -0.857. The van der Waals surface area contributed by atoms with Gasteiger partial charge in [-0.25, -0.2) is 8.78 Å². The SMILES string of the molecule is O=C([C@H](O)CF)N1CC2(CC2)C[C@@H]1Cc1cccc(-c2ccccc2)c1F. The van der Waals surface area contributed by atoms with Crippen LogP contribution in [-0.2, 0) is 11.2 Å². The number of amides is 1. The minimum Gasteiger partial charge on any atom is -0.381 e. The van der Waals surface area contributed by atoms with Gasteiger partial charge in [-0.05, 0) is 42.2 Å². The lowest BCUT2D eigenvalue weighted by atomic mass is 9.95. The fraction of sp³-hybridized carbons (Fsp3) is 0.409. The maximum absolute atomic E-state index is 15.2. The maximum atomic E-state index is 15.2. The quantitative estimate of drug-likeness (QED) is 0.870. The van der Waals surface area contributed by atoms with E-state index < -0.39 is 18.7 Å². The molecule has 0 aromatic heterocycles. The van der Waals surface area contributed by atoms with Crippen molar-refractivity contribution in [1.29, 1.82) is 0 Å². The Bertz CT molecular complexity index is 835. The van der Waals surface area contributed by atoms with Crippen molar-refractivity contribution in [3.05, 3.63) is 59.9 Å². The Labute approximate surface area is 157 Å². The molecule has 1 saturated carbocycles. The number of alkyl halides is 1. The molecule has 1 aliphatic carbocycles. The zero-order valence-corrected chi connectivity index (χ0v) is 15.1. The van der Waals surface area contributed by atoms with Crippen molar-refractivity contribution < 1.29 is 18.7 Å². The molecular formula is C22H23F2NO2. The lowest BCUT2D eigenvalue weighted by Gasteiger charge is -2.26. The first-order chi connectivity index (χ1) is 13.0. The van der Waals surface area contributed by atoms with E-state index in [4.69, 9.17) is 0 Å². The van der Waals surface area contributed by atoms with Crippen molar-refractivity contribution in [2.45, 2.75) is 37.8 Å². The van der Waals surface area contributed by atoms with Gasteiger partial charge in [0.15, 0.2) is 6.10 Å². The normalized spacial score (nSPS) is 21.4. The molecule has 2 atom stereocenters. The van der Waals surface area contributed by atoms with Crippen LogP contribution in [0.4, 0.5) is 8.78 Å². The summed E-state index contributed by atoms with van der Waals surface area (Å²) in [6, 6.07) is 14.5. The average Bonchev–Trinajstić information content (AvgIpc) is 3.35. The standard InChI is InChI=1S/C22H23F2NO2/c23-13-19(26)21(27)25-14-22(9-10-22)12-17(25)11-16-7-4-8-18(20(16)24)15-5-2-1-3-6-15/h1-8,17,19,26H,9-14H2/t17-,19+/m0/s1. The van der Waals surface area contributed by atoms with Crippen LogP contribution in [0.25, 0.3) is 11.1 Å². The van der Waals surface area contributed by atoms with Gasteiger partial charge in [0.1, 0.15) is 12.5 Å². The van der Waals surface area contributed by atoms with E-state index in [2.05, 4.69) is 0 Å². The summed E-state index contributed by atoms with van der Waals surface area (Å²) in [4.78, 5) is 14.0. The molecule has 2 aliphatic rings. The maximum Gasteiger partial charge on any atom is 0.254 e. The molecular weight excluding hydrogens is 348 g/mol. The van der Waals surface area contributed by atoms with Crippen molar-refractivity contribution in [3.63, 3.8) is 0 Å². The fourth-order valence-electron chi connectivity index (χ4n) is 4.23. The second-order valence-corrected chi connectivity index (χ2v) is 7.84. The molecule has 27 heavy (non-hydrogen) atoms. The molecule has 5 heteroatoms. The van der Waals surface area contributed by atoms with E-state index in [0.717, 1.165) is 24.8 Å². The van der Waals surface area contributed by atoms with Gasteiger partial charge in [0.2, 0.25) is 0 Å². The van der Waals surface area contributed by atoms with E-state index >= 15 is 4.39 Å². The minimum absolute atomic E-state index is 0.0872. The monoisotopic (exact) mass is 371 g/mol. The predicted molar refractivity (Wildman–Crippen MR) is 99.3 cm³/mol. The lowest BCUT2D eigenvalue weighted by Crippen LogP contribution is -2.44. The zero-order chi connectivity index (χ0) is 19.0. The van der Waals surface area contributed by atoms with Gasteiger partial charge in [-0.2, -0.15) is 0 Å². The van der Waals surface area contributed by atoms with Crippen molar-refractivity contribution >= 4 is 5.91 Å². The van der Waals surface area contributed by atoms with Gasteiger partial charge in [-0.15, -0.1) is 0 Å². The number of likely N-dealkylation sites (tertiary alicyclic amines) is 1. The highest BCUT2D eigenvalue weighted by Crippen LogP contribution is 2.55. The van der Waals surface area contributed by atoms with Gasteiger partial charge < -0.3 is 10.0 Å². The smallest absolute Gasteiger partial charge is 0.254 e. The third-order valence-corrected chi connectivity index (χ3v) is 5.91. The fourth-order valence-corrected chi connectivity index (χ4v) is 4.23. The molecule has 2 aromatic carbocycles. The summed E-state index contributed by atoms with van der Waals surface area (Å²) in [5, 5.41) is 9.67. The van der Waals surface area contributed by atoms with Crippen LogP contribution in [0.5, 0.6) is 0 Å². The van der Waals surface area contributed by atoms with Crippen LogP contribution in [0.1, 0.15) is 24.8 Å². The third-order valence-electron chi connectivity index (χ3n) is 5.91. The van der Waals surface area contributed by atoms with Gasteiger partial charge >= 0.3 is 0 Å². The summed E-state index contributed by atoms with van der Waals surface area (Å²) in [7, 11) is 0. The van der Waals surface area contributed by atoms with Gasteiger partial charge in [0.25, 0.3) is 5.91 Å². The highest BCUT2D eigenvalue weighted by Gasteiger charge is 2.53. The Morgan fingerprint density at radius 3 is 2.59 bits per heavy atom. The molecule has 142 valence electrons. The van der Waals surface area contributed by atoms with Crippen molar-refractivity contribution in [3.8, 4) is 11.1 Å². The molecule has 0 bridgehead atoms. The number of halogens is 2. The van der Waals surface area contributed by atoms with Gasteiger partial charge in [0, 0.05) is 18.2 Å². The van der Waals surface area contributed by atoms with Gasteiger partial charge in [-0.3, -0.25) is 4.79 Å². The van der Waals surface area contributed by atoms with E-state index in [1.54, 1.807) is 17.0 Å². The number of carbonyl (C=O) groups is 1. The van der Waals surface area contributed by atoms with Gasteiger partial charge in [0.05, 0.1) is 0 Å². The number of aliphatic hydroxyl groups excluding tert-OH is 1. The van der Waals surface area contributed by atoms with Crippen LogP contribution in [0.2, 0.25) is 0 Å². The van der Waals surface area contributed by atoms with E-state index in [0.29, 0.717) is 24.1 Å². The Kier molecular flexibility index (Phi) is 4.72. The number of aliphatic hydroxyl groups is 1. The first-order valence-corrected chi connectivity index (χ1v) is 9.40. The third kappa shape index (κ3) is 3.48. The van der Waals surface area contributed by atoms with E-state index in [1.165, 1.54) is 0 Å². The highest BCUT2D eigenvalue weighted by atomic mass is 19.1. The number of rotatable bonds is 5. The van der Waals surface area contributed by atoms with Crippen LogP contribution in [0.3, 0.4) is 0 Å². The summed E-state index contributed by atoms with van der Waals surface area (Å²) < 4.78 is 28.0.